The Morgan fingerprint density at radius 2 is 1.58 bits per heavy atom. The predicted octanol–water partition coefficient (Wildman–Crippen LogP) is 6.19. The minimum Gasteiger partial charge on any atom is -0.490 e. The molecule has 1 fully saturated rings. The number of esters is 1. The number of fused-ring (bicyclic) bond motifs is 1. The van der Waals surface area contributed by atoms with E-state index in [0.29, 0.717) is 13.2 Å². The van der Waals surface area contributed by atoms with Crippen LogP contribution in [0.25, 0.3) is 11.1 Å². The quantitative estimate of drug-likeness (QED) is 0.238. The van der Waals surface area contributed by atoms with Gasteiger partial charge in [-0.1, -0.05) is 55.5 Å². The molecule has 0 radical (unpaired) electrons. The fourth-order valence-electron chi connectivity index (χ4n) is 5.25. The molecule has 6 heteroatoms. The lowest BCUT2D eigenvalue weighted by Crippen LogP contribution is -2.36. The Labute approximate surface area is 224 Å². The van der Waals surface area contributed by atoms with E-state index in [0.717, 1.165) is 53.4 Å². The zero-order valence-electron chi connectivity index (χ0n) is 22.2. The summed E-state index contributed by atoms with van der Waals surface area (Å²) in [5, 5.41) is 0. The van der Waals surface area contributed by atoms with Crippen molar-refractivity contribution in [3.05, 3.63) is 89.5 Å². The summed E-state index contributed by atoms with van der Waals surface area (Å²) in [4.78, 5) is 14.0. The molecule has 3 aromatic rings. The predicted molar refractivity (Wildman–Crippen MR) is 148 cm³/mol. The SMILES string of the molecule is CCC(=C(c1ccccc1)c1ccc(OCC(CN2CCCC2)OC(C)=O)cc1)c1ccc2c(c1)OCO2. The molecule has 0 aliphatic carbocycles. The van der Waals surface area contributed by atoms with E-state index in [9.17, 15) is 4.79 Å². The van der Waals surface area contributed by atoms with Crippen LogP contribution in [0.4, 0.5) is 0 Å². The second kappa shape index (κ2) is 12.2. The van der Waals surface area contributed by atoms with Gasteiger partial charge in [0.15, 0.2) is 11.5 Å². The average Bonchev–Trinajstić information content (AvgIpc) is 3.63. The number of ether oxygens (including phenoxy) is 4. The van der Waals surface area contributed by atoms with E-state index in [1.165, 1.54) is 30.9 Å². The van der Waals surface area contributed by atoms with Crippen molar-refractivity contribution >= 4 is 17.1 Å². The number of allylic oxidation sites excluding steroid dienone is 1. The van der Waals surface area contributed by atoms with Gasteiger partial charge in [0.2, 0.25) is 6.79 Å². The second-order valence-electron chi connectivity index (χ2n) is 9.72. The van der Waals surface area contributed by atoms with Crippen LogP contribution < -0.4 is 14.2 Å². The summed E-state index contributed by atoms with van der Waals surface area (Å²) in [6.07, 6.45) is 2.95. The molecule has 5 rings (SSSR count). The largest absolute Gasteiger partial charge is 0.490 e. The molecule has 0 N–H and O–H groups in total. The number of rotatable bonds is 10. The highest BCUT2D eigenvalue weighted by atomic mass is 16.7. The van der Waals surface area contributed by atoms with Crippen molar-refractivity contribution in [1.29, 1.82) is 0 Å². The lowest BCUT2D eigenvalue weighted by atomic mass is 9.88. The third-order valence-electron chi connectivity index (χ3n) is 7.01. The van der Waals surface area contributed by atoms with E-state index in [2.05, 4.69) is 60.4 Å². The van der Waals surface area contributed by atoms with E-state index in [1.54, 1.807) is 0 Å². The first-order valence-electron chi connectivity index (χ1n) is 13.4. The topological polar surface area (TPSA) is 57.2 Å². The Kier molecular flexibility index (Phi) is 8.29. The van der Waals surface area contributed by atoms with Gasteiger partial charge in [0.25, 0.3) is 0 Å². The highest BCUT2D eigenvalue weighted by Crippen LogP contribution is 2.39. The van der Waals surface area contributed by atoms with E-state index < -0.39 is 0 Å². The van der Waals surface area contributed by atoms with Crippen LogP contribution >= 0.6 is 0 Å². The van der Waals surface area contributed by atoms with Crippen LogP contribution in [0.3, 0.4) is 0 Å². The van der Waals surface area contributed by atoms with Crippen molar-refractivity contribution in [2.24, 2.45) is 0 Å². The summed E-state index contributed by atoms with van der Waals surface area (Å²) >= 11 is 0. The minimum absolute atomic E-state index is 0.257. The van der Waals surface area contributed by atoms with Crippen LogP contribution in [0.5, 0.6) is 17.2 Å². The van der Waals surface area contributed by atoms with Gasteiger partial charge in [-0.3, -0.25) is 9.69 Å². The number of carbonyl (C=O) groups excluding carboxylic acids is 1. The summed E-state index contributed by atoms with van der Waals surface area (Å²) in [6, 6.07) is 24.8. The third kappa shape index (κ3) is 6.20. The smallest absolute Gasteiger partial charge is 0.303 e. The number of likely N-dealkylation sites (tertiary alicyclic amines) is 1. The van der Waals surface area contributed by atoms with Gasteiger partial charge in [-0.25, -0.2) is 0 Å². The summed E-state index contributed by atoms with van der Waals surface area (Å²) in [5.41, 5.74) is 5.76. The Hall–Kier alpha value is -3.77. The van der Waals surface area contributed by atoms with Gasteiger partial charge >= 0.3 is 5.97 Å². The average molecular weight is 514 g/mol. The standard InChI is InChI=1S/C32H35NO5/c1-3-29(26-13-16-30-31(19-26)37-22-36-30)32(24-9-5-4-6-10-24)25-11-14-27(15-12-25)35-21-28(38-23(2)34)20-33-17-7-8-18-33/h4-6,9-16,19,28H,3,7-8,17-18,20-22H2,1-2H3. The van der Waals surface area contributed by atoms with Gasteiger partial charge in [0.05, 0.1) is 0 Å². The molecular formula is C32H35NO5. The van der Waals surface area contributed by atoms with E-state index in [-0.39, 0.29) is 18.9 Å². The molecule has 0 spiro atoms. The first kappa shape index (κ1) is 25.9. The van der Waals surface area contributed by atoms with Gasteiger partial charge in [0.1, 0.15) is 18.5 Å². The molecule has 1 atom stereocenters. The summed E-state index contributed by atoms with van der Waals surface area (Å²) in [5.74, 6) is 2.03. The van der Waals surface area contributed by atoms with Crippen molar-refractivity contribution in [2.45, 2.75) is 39.2 Å². The Bertz CT molecular complexity index is 1260. The highest BCUT2D eigenvalue weighted by molar-refractivity contribution is 5.98. The third-order valence-corrected chi connectivity index (χ3v) is 7.01. The van der Waals surface area contributed by atoms with Crippen LogP contribution in [-0.2, 0) is 9.53 Å². The minimum atomic E-state index is -0.289. The molecule has 1 unspecified atom stereocenters. The molecule has 3 aromatic carbocycles. The molecule has 6 nitrogen and oxygen atoms in total. The van der Waals surface area contributed by atoms with Crippen molar-refractivity contribution < 1.29 is 23.7 Å². The first-order chi connectivity index (χ1) is 18.6. The van der Waals surface area contributed by atoms with Crippen molar-refractivity contribution in [2.75, 3.05) is 33.0 Å². The fourth-order valence-corrected chi connectivity index (χ4v) is 5.25. The van der Waals surface area contributed by atoms with Crippen LogP contribution in [0.1, 0.15) is 49.8 Å². The van der Waals surface area contributed by atoms with Crippen LogP contribution in [0, 0.1) is 0 Å². The van der Waals surface area contributed by atoms with Crippen molar-refractivity contribution in [1.82, 2.24) is 4.90 Å². The Morgan fingerprint density at radius 1 is 0.895 bits per heavy atom. The Balaban J connectivity index is 1.40. The molecule has 2 heterocycles. The highest BCUT2D eigenvalue weighted by Gasteiger charge is 2.21. The monoisotopic (exact) mass is 513 g/mol. The molecule has 0 saturated carbocycles. The normalized spacial score (nSPS) is 16.2. The van der Waals surface area contributed by atoms with Crippen molar-refractivity contribution in [3.63, 3.8) is 0 Å². The molecule has 1 saturated heterocycles. The van der Waals surface area contributed by atoms with Gasteiger partial charge in [-0.05, 0) is 84.5 Å². The molecular weight excluding hydrogens is 478 g/mol. The van der Waals surface area contributed by atoms with E-state index >= 15 is 0 Å². The molecule has 2 aliphatic rings. The lowest BCUT2D eigenvalue weighted by Gasteiger charge is -2.23. The summed E-state index contributed by atoms with van der Waals surface area (Å²) in [7, 11) is 0. The van der Waals surface area contributed by atoms with Crippen LogP contribution in [0.2, 0.25) is 0 Å². The molecule has 38 heavy (non-hydrogen) atoms. The van der Waals surface area contributed by atoms with E-state index in [1.807, 2.05) is 24.3 Å². The number of carbonyl (C=O) groups is 1. The maximum absolute atomic E-state index is 11.6. The van der Waals surface area contributed by atoms with Gasteiger partial charge in [-0.2, -0.15) is 0 Å². The van der Waals surface area contributed by atoms with E-state index in [4.69, 9.17) is 18.9 Å². The van der Waals surface area contributed by atoms with Crippen LogP contribution in [0.15, 0.2) is 72.8 Å². The molecule has 198 valence electrons. The number of hydrogen-bond donors (Lipinski definition) is 0. The maximum Gasteiger partial charge on any atom is 0.303 e. The number of benzene rings is 3. The van der Waals surface area contributed by atoms with Crippen LogP contribution in [-0.4, -0.2) is 50.0 Å². The maximum atomic E-state index is 11.6. The number of hydrogen-bond acceptors (Lipinski definition) is 6. The Morgan fingerprint density at radius 3 is 2.29 bits per heavy atom. The first-order valence-corrected chi connectivity index (χ1v) is 13.4. The van der Waals surface area contributed by atoms with Gasteiger partial charge < -0.3 is 18.9 Å². The zero-order chi connectivity index (χ0) is 26.3. The molecule has 0 amide bonds. The zero-order valence-corrected chi connectivity index (χ0v) is 22.2. The fraction of sp³-hybridized carbons (Fsp3) is 0.344. The van der Waals surface area contributed by atoms with Gasteiger partial charge in [-0.15, -0.1) is 0 Å². The lowest BCUT2D eigenvalue weighted by molar-refractivity contribution is -0.148. The van der Waals surface area contributed by atoms with Crippen molar-refractivity contribution in [3.8, 4) is 17.2 Å². The molecule has 0 bridgehead atoms. The summed E-state index contributed by atoms with van der Waals surface area (Å²) in [6.45, 7) is 7.01. The van der Waals surface area contributed by atoms with Gasteiger partial charge in [0, 0.05) is 13.5 Å². The second-order valence-corrected chi connectivity index (χ2v) is 9.72. The molecule has 0 aromatic heterocycles. The molecule has 2 aliphatic heterocycles. The summed E-state index contributed by atoms with van der Waals surface area (Å²) < 4.78 is 22.8. The number of nitrogens with zero attached hydrogens (tertiary/aromatic N) is 1.